The Morgan fingerprint density at radius 2 is 2.12 bits per heavy atom. The minimum Gasteiger partial charge on any atom is -0.356 e. The van der Waals surface area contributed by atoms with Crippen molar-refractivity contribution in [1.82, 2.24) is 25.5 Å². The van der Waals surface area contributed by atoms with Crippen LogP contribution >= 0.6 is 0 Å². The van der Waals surface area contributed by atoms with Gasteiger partial charge in [-0.05, 0) is 25.5 Å². The van der Waals surface area contributed by atoms with Gasteiger partial charge in [-0.2, -0.15) is 0 Å². The monoisotopic (exact) mass is 343 g/mol. The van der Waals surface area contributed by atoms with Crippen LogP contribution in [0.4, 0.5) is 4.79 Å². The summed E-state index contributed by atoms with van der Waals surface area (Å²) in [4.78, 5) is 39.0. The molecule has 1 fully saturated rings. The number of fused-ring (bicyclic) bond motifs is 1. The lowest BCUT2D eigenvalue weighted by Crippen LogP contribution is -2.32. The number of benzene rings is 1. The van der Waals surface area contributed by atoms with Crippen molar-refractivity contribution in [3.63, 3.8) is 0 Å². The lowest BCUT2D eigenvalue weighted by molar-refractivity contribution is -0.122. The number of rotatable bonds is 7. The summed E-state index contributed by atoms with van der Waals surface area (Å²) in [5.74, 6) is 0.411. The quantitative estimate of drug-likeness (QED) is 0.644. The largest absolute Gasteiger partial charge is 0.356 e. The fourth-order valence-electron chi connectivity index (χ4n) is 3.01. The third-order valence-electron chi connectivity index (χ3n) is 4.24. The molecule has 1 atom stereocenters. The summed E-state index contributed by atoms with van der Waals surface area (Å²) in [5, 5.41) is 7.47. The molecule has 8 heteroatoms. The molecule has 0 aliphatic carbocycles. The van der Waals surface area contributed by atoms with E-state index in [0.717, 1.165) is 23.4 Å². The molecule has 1 unspecified atom stereocenters. The molecule has 0 saturated carbocycles. The molecule has 1 aliphatic rings. The Bertz CT molecular complexity index is 814. The van der Waals surface area contributed by atoms with Gasteiger partial charge in [0.2, 0.25) is 5.91 Å². The van der Waals surface area contributed by atoms with Crippen molar-refractivity contribution in [2.24, 2.45) is 0 Å². The van der Waals surface area contributed by atoms with Gasteiger partial charge in [-0.1, -0.05) is 12.1 Å². The van der Waals surface area contributed by atoms with Crippen LogP contribution in [0.3, 0.4) is 0 Å². The zero-order valence-corrected chi connectivity index (χ0v) is 14.0. The molecule has 0 bridgehead atoms. The third-order valence-corrected chi connectivity index (χ3v) is 4.24. The van der Waals surface area contributed by atoms with Gasteiger partial charge in [0.25, 0.3) is 5.91 Å². The van der Waals surface area contributed by atoms with Gasteiger partial charge in [-0.25, -0.2) is 9.78 Å². The minimum atomic E-state index is -0.623. The van der Waals surface area contributed by atoms with Gasteiger partial charge in [-0.15, -0.1) is 0 Å². The number of nitrogens with zero attached hydrogens (tertiary/aromatic N) is 2. The minimum absolute atomic E-state index is 0.145. The van der Waals surface area contributed by atoms with Gasteiger partial charge in [0.15, 0.2) is 0 Å². The number of hydrogen-bond acceptors (Lipinski definition) is 4. The number of urea groups is 1. The number of hydrogen-bond donors (Lipinski definition) is 3. The highest BCUT2D eigenvalue weighted by atomic mass is 16.2. The van der Waals surface area contributed by atoms with Crippen molar-refractivity contribution >= 4 is 28.9 Å². The molecule has 132 valence electrons. The molecule has 25 heavy (non-hydrogen) atoms. The van der Waals surface area contributed by atoms with Crippen molar-refractivity contribution < 1.29 is 14.4 Å². The van der Waals surface area contributed by atoms with Crippen LogP contribution in [0.5, 0.6) is 0 Å². The average Bonchev–Trinajstić information content (AvgIpc) is 3.11. The van der Waals surface area contributed by atoms with Crippen LogP contribution in [-0.2, 0) is 22.6 Å². The Balaban J connectivity index is 1.49. The van der Waals surface area contributed by atoms with Crippen LogP contribution in [0.15, 0.2) is 24.3 Å². The second-order valence-corrected chi connectivity index (χ2v) is 5.91. The predicted molar refractivity (Wildman–Crippen MR) is 91.8 cm³/mol. The first-order chi connectivity index (χ1) is 12.1. The first-order valence-electron chi connectivity index (χ1n) is 8.40. The van der Waals surface area contributed by atoms with E-state index in [0.29, 0.717) is 13.0 Å². The molecule has 1 aromatic heterocycles. The van der Waals surface area contributed by atoms with Crippen LogP contribution in [0.1, 0.15) is 25.6 Å². The van der Waals surface area contributed by atoms with Crippen molar-refractivity contribution in [3.05, 3.63) is 30.1 Å². The summed E-state index contributed by atoms with van der Waals surface area (Å²) < 4.78 is 2.14. The first-order valence-corrected chi connectivity index (χ1v) is 8.40. The number of imidazole rings is 1. The van der Waals surface area contributed by atoms with Crippen LogP contribution in [0, 0.1) is 0 Å². The van der Waals surface area contributed by atoms with E-state index in [1.165, 1.54) is 0 Å². The molecule has 4 amide bonds. The Kier molecular flexibility index (Phi) is 4.97. The highest BCUT2D eigenvalue weighted by Crippen LogP contribution is 2.16. The summed E-state index contributed by atoms with van der Waals surface area (Å²) in [6.45, 7) is 3.36. The maximum absolute atomic E-state index is 11.9. The number of carbonyl (C=O) groups excluding carboxylic acids is 3. The van der Waals surface area contributed by atoms with E-state index in [1.54, 1.807) is 0 Å². The number of nitrogens with one attached hydrogen (secondary N) is 3. The summed E-state index contributed by atoms with van der Waals surface area (Å²) in [6.07, 6.45) is 1.11. The van der Waals surface area contributed by atoms with Gasteiger partial charge in [-0.3, -0.25) is 14.9 Å². The lowest BCUT2D eigenvalue weighted by Gasteiger charge is -2.09. The Morgan fingerprint density at radius 3 is 2.84 bits per heavy atom. The van der Waals surface area contributed by atoms with E-state index in [4.69, 9.17) is 0 Å². The highest BCUT2D eigenvalue weighted by molar-refractivity contribution is 6.04. The van der Waals surface area contributed by atoms with Gasteiger partial charge >= 0.3 is 6.03 Å². The molecular formula is C17H21N5O3. The Morgan fingerprint density at radius 1 is 1.32 bits per heavy atom. The average molecular weight is 343 g/mol. The van der Waals surface area contributed by atoms with E-state index in [9.17, 15) is 14.4 Å². The van der Waals surface area contributed by atoms with Crippen LogP contribution < -0.4 is 16.0 Å². The summed E-state index contributed by atoms with van der Waals surface area (Å²) in [7, 11) is 0. The van der Waals surface area contributed by atoms with E-state index in [1.807, 2.05) is 24.3 Å². The SMILES string of the molecule is CCn1c(CCNC(=O)CCC2NC(=O)NC2=O)nc2ccccc21. The fraction of sp³-hybridized carbons (Fsp3) is 0.412. The molecule has 2 aromatic rings. The molecule has 1 aromatic carbocycles. The number of carbonyl (C=O) groups is 3. The first kappa shape index (κ1) is 16.9. The zero-order valence-electron chi connectivity index (χ0n) is 14.0. The highest BCUT2D eigenvalue weighted by Gasteiger charge is 2.29. The molecule has 0 spiro atoms. The topological polar surface area (TPSA) is 105 Å². The Hall–Kier alpha value is -2.90. The number of amides is 4. The third kappa shape index (κ3) is 3.78. The maximum atomic E-state index is 11.9. The molecule has 0 radical (unpaired) electrons. The molecule has 8 nitrogen and oxygen atoms in total. The standard InChI is InChI=1S/C17H21N5O3/c1-2-22-13-6-4-3-5-11(13)19-14(22)9-10-18-15(23)8-7-12-16(24)21-17(25)20-12/h3-6,12H,2,7-10H2,1H3,(H,18,23)(H2,20,21,24,25). The fourth-order valence-corrected chi connectivity index (χ4v) is 3.01. The van der Waals surface area contributed by atoms with E-state index in [-0.39, 0.29) is 24.7 Å². The van der Waals surface area contributed by atoms with Crippen molar-refractivity contribution in [2.45, 2.75) is 38.8 Å². The summed E-state index contributed by atoms with van der Waals surface area (Å²) in [5.41, 5.74) is 2.04. The van der Waals surface area contributed by atoms with Crippen molar-refractivity contribution in [2.75, 3.05) is 6.54 Å². The number of imide groups is 1. The van der Waals surface area contributed by atoms with Crippen molar-refractivity contribution in [1.29, 1.82) is 0 Å². The molecule has 3 N–H and O–H groups in total. The zero-order chi connectivity index (χ0) is 17.8. The predicted octanol–water partition coefficient (Wildman–Crippen LogP) is 0.703. The molecule has 2 heterocycles. The van der Waals surface area contributed by atoms with Crippen LogP contribution in [-0.4, -0.2) is 40.0 Å². The molecule has 1 aliphatic heterocycles. The van der Waals surface area contributed by atoms with Gasteiger partial charge in [0.05, 0.1) is 11.0 Å². The van der Waals surface area contributed by atoms with E-state index >= 15 is 0 Å². The second-order valence-electron chi connectivity index (χ2n) is 5.91. The van der Waals surface area contributed by atoms with Gasteiger partial charge in [0.1, 0.15) is 11.9 Å². The van der Waals surface area contributed by atoms with Crippen molar-refractivity contribution in [3.8, 4) is 0 Å². The summed E-state index contributed by atoms with van der Waals surface area (Å²) >= 11 is 0. The van der Waals surface area contributed by atoms with Gasteiger partial charge in [0, 0.05) is 25.9 Å². The molecular weight excluding hydrogens is 322 g/mol. The maximum Gasteiger partial charge on any atom is 0.322 e. The number of para-hydroxylation sites is 2. The summed E-state index contributed by atoms with van der Waals surface area (Å²) in [6, 6.07) is 6.83. The normalized spacial score (nSPS) is 16.8. The Labute approximate surface area is 145 Å². The molecule has 3 rings (SSSR count). The number of aromatic nitrogens is 2. The van der Waals surface area contributed by atoms with Crippen LogP contribution in [0.2, 0.25) is 0 Å². The number of aryl methyl sites for hydroxylation is 1. The lowest BCUT2D eigenvalue weighted by atomic mass is 10.1. The van der Waals surface area contributed by atoms with E-state index in [2.05, 4.69) is 32.4 Å². The molecule has 1 saturated heterocycles. The second kappa shape index (κ2) is 7.33. The smallest absolute Gasteiger partial charge is 0.322 e. The van der Waals surface area contributed by atoms with Gasteiger partial charge < -0.3 is 15.2 Å². The van der Waals surface area contributed by atoms with Crippen LogP contribution in [0.25, 0.3) is 11.0 Å². The van der Waals surface area contributed by atoms with E-state index < -0.39 is 12.1 Å².